The summed E-state index contributed by atoms with van der Waals surface area (Å²) in [6.07, 6.45) is 1.41. The minimum Gasteiger partial charge on any atom is -0.252 e. The Kier molecular flexibility index (Phi) is 3.82. The van der Waals surface area contributed by atoms with E-state index in [0.717, 1.165) is 36.4 Å². The van der Waals surface area contributed by atoms with Gasteiger partial charge in [-0.15, -0.1) is 0 Å². The van der Waals surface area contributed by atoms with Crippen molar-refractivity contribution < 1.29 is 17.6 Å². The number of aryl methyl sites for hydroxylation is 1. The number of nitrogens with zero attached hydrogens (tertiary/aromatic N) is 2. The van der Waals surface area contributed by atoms with Crippen molar-refractivity contribution in [3.05, 3.63) is 71.6 Å². The van der Waals surface area contributed by atoms with Crippen molar-refractivity contribution in [3.8, 4) is 22.5 Å². The first kappa shape index (κ1) is 15.1. The van der Waals surface area contributed by atoms with Gasteiger partial charge in [0.05, 0.1) is 17.1 Å². The van der Waals surface area contributed by atoms with Crippen LogP contribution in [0.4, 0.5) is 17.6 Å². The van der Waals surface area contributed by atoms with E-state index >= 15 is 0 Å². The van der Waals surface area contributed by atoms with Crippen LogP contribution in [-0.4, -0.2) is 9.97 Å². The smallest absolute Gasteiger partial charge is 0.126 e. The number of benzene rings is 2. The molecular formula is C17H10F4N2. The van der Waals surface area contributed by atoms with Crippen molar-refractivity contribution in [3.63, 3.8) is 0 Å². The second kappa shape index (κ2) is 5.79. The molecule has 0 atom stereocenters. The summed E-state index contributed by atoms with van der Waals surface area (Å²) >= 11 is 0. The van der Waals surface area contributed by atoms with Crippen molar-refractivity contribution in [2.24, 2.45) is 0 Å². The fourth-order valence-electron chi connectivity index (χ4n) is 2.27. The molecule has 0 N–H and O–H groups in total. The number of rotatable bonds is 2. The molecule has 0 spiro atoms. The van der Waals surface area contributed by atoms with Crippen molar-refractivity contribution in [2.45, 2.75) is 6.92 Å². The average Bonchev–Trinajstić information content (AvgIpc) is 2.45. The predicted molar refractivity (Wildman–Crippen MR) is 77.5 cm³/mol. The van der Waals surface area contributed by atoms with Crippen LogP contribution in [0.5, 0.6) is 0 Å². The molecule has 1 aromatic heterocycles. The molecular weight excluding hydrogens is 308 g/mol. The Hall–Kier alpha value is -2.76. The predicted octanol–water partition coefficient (Wildman–Crippen LogP) is 4.68. The third kappa shape index (κ3) is 3.21. The van der Waals surface area contributed by atoms with E-state index in [1.165, 1.54) is 6.20 Å². The van der Waals surface area contributed by atoms with Crippen molar-refractivity contribution in [1.82, 2.24) is 9.97 Å². The largest absolute Gasteiger partial charge is 0.252 e. The minimum absolute atomic E-state index is 0.134. The molecule has 2 aromatic carbocycles. The van der Waals surface area contributed by atoms with E-state index in [-0.39, 0.29) is 22.5 Å². The van der Waals surface area contributed by atoms with Gasteiger partial charge in [0.25, 0.3) is 0 Å². The van der Waals surface area contributed by atoms with Gasteiger partial charge in [-0.05, 0) is 31.2 Å². The summed E-state index contributed by atoms with van der Waals surface area (Å²) in [5.74, 6) is -3.11. The molecule has 0 fully saturated rings. The van der Waals surface area contributed by atoms with Crippen molar-refractivity contribution in [2.75, 3.05) is 0 Å². The van der Waals surface area contributed by atoms with Gasteiger partial charge >= 0.3 is 0 Å². The highest BCUT2D eigenvalue weighted by Gasteiger charge is 2.15. The molecule has 0 unspecified atom stereocenters. The Labute approximate surface area is 129 Å². The van der Waals surface area contributed by atoms with Gasteiger partial charge in [0, 0.05) is 29.5 Å². The summed E-state index contributed by atoms with van der Waals surface area (Å²) in [6, 6.07) is 5.81. The second-order valence-electron chi connectivity index (χ2n) is 5.02. The van der Waals surface area contributed by atoms with Gasteiger partial charge in [-0.2, -0.15) is 0 Å². The van der Waals surface area contributed by atoms with Crippen LogP contribution < -0.4 is 0 Å². The molecule has 23 heavy (non-hydrogen) atoms. The summed E-state index contributed by atoms with van der Waals surface area (Å²) in [5.41, 5.74) is 1.06. The molecule has 0 aliphatic heterocycles. The van der Waals surface area contributed by atoms with Gasteiger partial charge in [-0.25, -0.2) is 22.5 Å². The number of halogens is 4. The summed E-state index contributed by atoms with van der Waals surface area (Å²) in [7, 11) is 0. The molecule has 0 amide bonds. The lowest BCUT2D eigenvalue weighted by molar-refractivity contribution is 0.583. The number of hydrogen-bond donors (Lipinski definition) is 0. The molecule has 0 aliphatic rings. The Morgan fingerprint density at radius 2 is 1.09 bits per heavy atom. The normalized spacial score (nSPS) is 10.8. The maximum Gasteiger partial charge on any atom is 0.126 e. The van der Waals surface area contributed by atoms with E-state index in [1.54, 1.807) is 6.92 Å². The third-order valence-corrected chi connectivity index (χ3v) is 3.16. The van der Waals surface area contributed by atoms with Crippen LogP contribution in [0, 0.1) is 30.2 Å². The minimum atomic E-state index is -0.779. The molecule has 0 aliphatic carbocycles. The monoisotopic (exact) mass is 318 g/mol. The lowest BCUT2D eigenvalue weighted by Gasteiger charge is -2.10. The molecule has 116 valence electrons. The molecule has 6 heteroatoms. The molecule has 1 heterocycles. The topological polar surface area (TPSA) is 25.8 Å². The van der Waals surface area contributed by atoms with Crippen LogP contribution in [0.3, 0.4) is 0 Å². The highest BCUT2D eigenvalue weighted by atomic mass is 19.1. The molecule has 3 rings (SSSR count). The molecule has 3 aromatic rings. The van der Waals surface area contributed by atoms with E-state index in [0.29, 0.717) is 5.69 Å². The zero-order valence-electron chi connectivity index (χ0n) is 11.9. The van der Waals surface area contributed by atoms with Crippen LogP contribution in [0.15, 0.2) is 42.6 Å². The lowest BCUT2D eigenvalue weighted by Crippen LogP contribution is -1.97. The SMILES string of the molecule is Cc1cnc(-c2cc(F)cc(F)c2)c(-c2cc(F)cc(F)c2)n1. The fourth-order valence-corrected chi connectivity index (χ4v) is 2.27. The Bertz CT molecular complexity index is 853. The van der Waals surface area contributed by atoms with Crippen LogP contribution in [0.2, 0.25) is 0 Å². The zero-order valence-corrected chi connectivity index (χ0v) is 11.9. The van der Waals surface area contributed by atoms with E-state index < -0.39 is 23.3 Å². The van der Waals surface area contributed by atoms with E-state index in [2.05, 4.69) is 9.97 Å². The van der Waals surface area contributed by atoms with E-state index in [9.17, 15) is 17.6 Å². The fraction of sp³-hybridized carbons (Fsp3) is 0.0588. The lowest BCUT2D eigenvalue weighted by atomic mass is 10.0. The zero-order chi connectivity index (χ0) is 16.6. The summed E-state index contributed by atoms with van der Waals surface area (Å²) < 4.78 is 53.8. The molecule has 0 radical (unpaired) electrons. The summed E-state index contributed by atoms with van der Waals surface area (Å²) in [4.78, 5) is 8.35. The van der Waals surface area contributed by atoms with Crippen LogP contribution in [0.25, 0.3) is 22.5 Å². The average molecular weight is 318 g/mol. The molecule has 0 saturated carbocycles. The van der Waals surface area contributed by atoms with Crippen LogP contribution in [0.1, 0.15) is 5.69 Å². The summed E-state index contributed by atoms with van der Waals surface area (Å²) in [5, 5.41) is 0. The Morgan fingerprint density at radius 1 is 0.652 bits per heavy atom. The maximum atomic E-state index is 13.5. The van der Waals surface area contributed by atoms with Gasteiger partial charge in [0.1, 0.15) is 23.3 Å². The first-order valence-electron chi connectivity index (χ1n) is 6.69. The van der Waals surface area contributed by atoms with Crippen molar-refractivity contribution >= 4 is 0 Å². The van der Waals surface area contributed by atoms with Crippen molar-refractivity contribution in [1.29, 1.82) is 0 Å². The molecule has 2 nitrogen and oxygen atoms in total. The molecule has 0 bridgehead atoms. The van der Waals surface area contributed by atoms with Crippen LogP contribution >= 0.6 is 0 Å². The van der Waals surface area contributed by atoms with Gasteiger partial charge in [-0.3, -0.25) is 4.98 Å². The maximum absolute atomic E-state index is 13.5. The van der Waals surface area contributed by atoms with Gasteiger partial charge in [-0.1, -0.05) is 0 Å². The van der Waals surface area contributed by atoms with E-state index in [1.807, 2.05) is 0 Å². The third-order valence-electron chi connectivity index (χ3n) is 3.16. The van der Waals surface area contributed by atoms with Crippen LogP contribution in [-0.2, 0) is 0 Å². The van der Waals surface area contributed by atoms with Gasteiger partial charge in [0.2, 0.25) is 0 Å². The standard InChI is InChI=1S/C17H10F4N2/c1-9-8-22-16(10-2-12(18)6-13(19)3-10)17(23-9)11-4-14(20)7-15(21)5-11/h2-8H,1H3. The quantitative estimate of drug-likeness (QED) is 0.641. The second-order valence-corrected chi connectivity index (χ2v) is 5.02. The Balaban J connectivity index is 2.26. The molecule has 0 saturated heterocycles. The van der Waals surface area contributed by atoms with Gasteiger partial charge < -0.3 is 0 Å². The highest BCUT2D eigenvalue weighted by Crippen LogP contribution is 2.30. The first-order valence-corrected chi connectivity index (χ1v) is 6.69. The highest BCUT2D eigenvalue weighted by molar-refractivity contribution is 5.77. The van der Waals surface area contributed by atoms with E-state index in [4.69, 9.17) is 0 Å². The number of hydrogen-bond acceptors (Lipinski definition) is 2. The van der Waals surface area contributed by atoms with Gasteiger partial charge in [0.15, 0.2) is 0 Å². The Morgan fingerprint density at radius 3 is 1.57 bits per heavy atom. The summed E-state index contributed by atoms with van der Waals surface area (Å²) in [6.45, 7) is 1.65. The first-order chi connectivity index (χ1) is 10.9. The number of aromatic nitrogens is 2.